The topological polar surface area (TPSA) is 119 Å². The van der Waals surface area contributed by atoms with Gasteiger partial charge in [-0.2, -0.15) is 0 Å². The second kappa shape index (κ2) is 10.3. The Kier molecular flexibility index (Phi) is 7.05. The number of nitrogens with zero attached hydrogens (tertiary/aromatic N) is 3. The molecule has 0 aliphatic rings. The van der Waals surface area contributed by atoms with Gasteiger partial charge in [0.15, 0.2) is 0 Å². The Balaban J connectivity index is 1.49. The van der Waals surface area contributed by atoms with Crippen molar-refractivity contribution >= 4 is 23.6 Å². The van der Waals surface area contributed by atoms with Crippen LogP contribution in [0, 0.1) is 5.82 Å². The molecule has 0 fully saturated rings. The fraction of sp³-hybridized carbons (Fsp3) is 0.192. The monoisotopic (exact) mass is 489 g/mol. The molecule has 0 atom stereocenters. The number of carbonyl (C=O) groups excluding carboxylic acids is 2. The molecule has 36 heavy (non-hydrogen) atoms. The number of nitrogens with one attached hydrogen (secondary N) is 2. The van der Waals surface area contributed by atoms with Gasteiger partial charge in [-0.25, -0.2) is 19.2 Å². The van der Waals surface area contributed by atoms with E-state index in [9.17, 15) is 14.0 Å². The number of amides is 2. The second-order valence-electron chi connectivity index (χ2n) is 8.89. The number of ether oxygens (including phenoxy) is 1. The molecule has 4 rings (SSSR count). The van der Waals surface area contributed by atoms with E-state index in [0.717, 1.165) is 0 Å². The summed E-state index contributed by atoms with van der Waals surface area (Å²) < 4.78 is 24.1. The highest BCUT2D eigenvalue weighted by Gasteiger charge is 2.22. The third-order valence-corrected chi connectivity index (χ3v) is 4.86. The molecule has 0 radical (unpaired) electrons. The minimum absolute atomic E-state index is 0.0442. The van der Waals surface area contributed by atoms with Crippen LogP contribution in [0.1, 0.15) is 26.3 Å². The highest BCUT2D eigenvalue weighted by atomic mass is 19.1. The smallest absolute Gasteiger partial charge is 0.412 e. The standard InChI is InChI=1S/C26H24FN5O4/c1-26(2,3)35-25(34)30-19-10-4-16(5-11-19)14-21(33)31-24-22(20-12-13-28-15-29-20)23(32-36-24)17-6-8-18(27)9-7-17/h4-13,15H,14H2,1-3H3,(H,30,34)(H,31,33). The van der Waals surface area contributed by atoms with E-state index in [0.29, 0.717) is 33.8 Å². The lowest BCUT2D eigenvalue weighted by Gasteiger charge is -2.19. The predicted octanol–water partition coefficient (Wildman–Crippen LogP) is 5.47. The third-order valence-electron chi connectivity index (χ3n) is 4.86. The summed E-state index contributed by atoms with van der Waals surface area (Å²) in [4.78, 5) is 32.9. The lowest BCUT2D eigenvalue weighted by Crippen LogP contribution is -2.27. The van der Waals surface area contributed by atoms with E-state index >= 15 is 0 Å². The highest BCUT2D eigenvalue weighted by molar-refractivity contribution is 5.97. The quantitative estimate of drug-likeness (QED) is 0.369. The summed E-state index contributed by atoms with van der Waals surface area (Å²) in [6.07, 6.45) is 2.41. The van der Waals surface area contributed by atoms with Gasteiger partial charge in [0.1, 0.15) is 23.4 Å². The summed E-state index contributed by atoms with van der Waals surface area (Å²) in [6.45, 7) is 5.34. The fourth-order valence-corrected chi connectivity index (χ4v) is 3.34. The molecule has 0 spiro atoms. The van der Waals surface area contributed by atoms with Gasteiger partial charge >= 0.3 is 6.09 Å². The molecule has 2 heterocycles. The fourth-order valence-electron chi connectivity index (χ4n) is 3.34. The van der Waals surface area contributed by atoms with Gasteiger partial charge in [0, 0.05) is 17.4 Å². The van der Waals surface area contributed by atoms with Crippen LogP contribution >= 0.6 is 0 Å². The Hall–Kier alpha value is -4.60. The number of rotatable bonds is 6. The van der Waals surface area contributed by atoms with Crippen molar-refractivity contribution in [1.29, 1.82) is 0 Å². The van der Waals surface area contributed by atoms with E-state index in [1.807, 2.05) is 0 Å². The van der Waals surface area contributed by atoms with Crippen LogP contribution in [0.15, 0.2) is 71.6 Å². The molecule has 2 aromatic carbocycles. The predicted molar refractivity (Wildman–Crippen MR) is 132 cm³/mol. The van der Waals surface area contributed by atoms with Gasteiger partial charge in [0.25, 0.3) is 0 Å². The van der Waals surface area contributed by atoms with Gasteiger partial charge in [-0.15, -0.1) is 0 Å². The number of hydrogen-bond acceptors (Lipinski definition) is 7. The molecular weight excluding hydrogens is 465 g/mol. The first kappa shape index (κ1) is 24.5. The average Bonchev–Trinajstić information content (AvgIpc) is 3.23. The number of benzene rings is 2. The minimum atomic E-state index is -0.607. The van der Waals surface area contributed by atoms with Crippen LogP contribution in [0.2, 0.25) is 0 Å². The van der Waals surface area contributed by atoms with E-state index in [1.165, 1.54) is 18.5 Å². The largest absolute Gasteiger partial charge is 0.444 e. The maximum atomic E-state index is 13.4. The third kappa shape index (κ3) is 6.29. The summed E-state index contributed by atoms with van der Waals surface area (Å²) in [6, 6.07) is 14.2. The van der Waals surface area contributed by atoms with E-state index in [4.69, 9.17) is 9.26 Å². The van der Waals surface area contributed by atoms with Crippen LogP contribution in [0.3, 0.4) is 0 Å². The van der Waals surface area contributed by atoms with Crippen molar-refractivity contribution in [3.05, 3.63) is 78.5 Å². The summed E-state index contributed by atoms with van der Waals surface area (Å²) in [7, 11) is 0. The Morgan fingerprint density at radius 2 is 1.72 bits per heavy atom. The highest BCUT2D eigenvalue weighted by Crippen LogP contribution is 2.36. The molecule has 0 saturated carbocycles. The Labute approximate surface area is 206 Å². The van der Waals surface area contributed by atoms with Gasteiger partial charge < -0.3 is 9.26 Å². The molecular formula is C26H24FN5O4. The van der Waals surface area contributed by atoms with Crippen molar-refractivity contribution in [3.8, 4) is 22.5 Å². The van der Waals surface area contributed by atoms with Gasteiger partial charge in [-0.05, 0) is 68.8 Å². The van der Waals surface area contributed by atoms with Crippen LogP contribution in [-0.4, -0.2) is 32.7 Å². The summed E-state index contributed by atoms with van der Waals surface area (Å²) >= 11 is 0. The first-order valence-corrected chi connectivity index (χ1v) is 11.1. The van der Waals surface area contributed by atoms with Crippen LogP contribution < -0.4 is 10.6 Å². The molecule has 4 aromatic rings. The van der Waals surface area contributed by atoms with Crippen LogP contribution in [-0.2, 0) is 16.0 Å². The summed E-state index contributed by atoms with van der Waals surface area (Å²) in [5.41, 5.74) is 2.59. The van der Waals surface area contributed by atoms with Gasteiger partial charge in [-0.3, -0.25) is 15.4 Å². The van der Waals surface area contributed by atoms with Gasteiger partial charge in [0.05, 0.1) is 17.7 Å². The second-order valence-corrected chi connectivity index (χ2v) is 8.89. The molecule has 0 aliphatic heterocycles. The number of halogens is 1. The van der Waals surface area contributed by atoms with Crippen molar-refractivity contribution in [1.82, 2.24) is 15.1 Å². The molecule has 2 N–H and O–H groups in total. The zero-order valence-electron chi connectivity index (χ0n) is 19.9. The Morgan fingerprint density at radius 1 is 1.00 bits per heavy atom. The lowest BCUT2D eigenvalue weighted by atomic mass is 10.0. The first-order chi connectivity index (χ1) is 17.2. The van der Waals surface area contributed by atoms with Gasteiger partial charge in [0.2, 0.25) is 11.8 Å². The summed E-state index contributed by atoms with van der Waals surface area (Å²) in [5.74, 6) is -0.618. The van der Waals surface area contributed by atoms with E-state index in [1.54, 1.807) is 69.4 Å². The van der Waals surface area contributed by atoms with Crippen molar-refractivity contribution < 1.29 is 23.2 Å². The molecule has 2 aromatic heterocycles. The zero-order valence-corrected chi connectivity index (χ0v) is 19.9. The summed E-state index contributed by atoms with van der Waals surface area (Å²) in [5, 5.41) is 9.48. The minimum Gasteiger partial charge on any atom is -0.444 e. The molecule has 0 aliphatic carbocycles. The van der Waals surface area contributed by atoms with Crippen molar-refractivity contribution in [2.75, 3.05) is 10.6 Å². The van der Waals surface area contributed by atoms with E-state index in [2.05, 4.69) is 25.8 Å². The molecule has 9 nitrogen and oxygen atoms in total. The molecule has 0 saturated heterocycles. The van der Waals surface area contributed by atoms with Crippen LogP contribution in [0.4, 0.5) is 20.8 Å². The molecule has 0 bridgehead atoms. The maximum Gasteiger partial charge on any atom is 0.412 e. The molecule has 2 amide bonds. The van der Waals surface area contributed by atoms with Crippen molar-refractivity contribution in [2.45, 2.75) is 32.8 Å². The van der Waals surface area contributed by atoms with Crippen molar-refractivity contribution in [2.24, 2.45) is 0 Å². The Morgan fingerprint density at radius 3 is 2.36 bits per heavy atom. The lowest BCUT2D eigenvalue weighted by molar-refractivity contribution is -0.115. The number of hydrogen-bond donors (Lipinski definition) is 2. The molecule has 10 heteroatoms. The number of aromatic nitrogens is 3. The Bertz CT molecular complexity index is 1350. The van der Waals surface area contributed by atoms with Crippen molar-refractivity contribution in [3.63, 3.8) is 0 Å². The van der Waals surface area contributed by atoms with Crippen LogP contribution in [0.25, 0.3) is 22.5 Å². The zero-order chi connectivity index (χ0) is 25.7. The van der Waals surface area contributed by atoms with E-state index < -0.39 is 11.7 Å². The average molecular weight is 490 g/mol. The first-order valence-electron chi connectivity index (χ1n) is 11.1. The number of anilines is 2. The molecule has 184 valence electrons. The SMILES string of the molecule is CC(C)(C)OC(=O)Nc1ccc(CC(=O)Nc2onc(-c3ccc(F)cc3)c2-c2ccncn2)cc1. The number of carbonyl (C=O) groups is 2. The molecule has 0 unspecified atom stereocenters. The maximum absolute atomic E-state index is 13.4. The normalized spacial score (nSPS) is 11.1. The van der Waals surface area contributed by atoms with Crippen LogP contribution in [0.5, 0.6) is 0 Å². The van der Waals surface area contributed by atoms with Gasteiger partial charge in [-0.1, -0.05) is 17.3 Å². The van der Waals surface area contributed by atoms with E-state index in [-0.39, 0.29) is 24.0 Å².